The molecule has 1 heteroatoms. The number of hydrogen-bond acceptors (Lipinski definition) is 1. The third-order valence-corrected chi connectivity index (χ3v) is 4.45. The van der Waals surface area contributed by atoms with Crippen molar-refractivity contribution >= 4 is 21.7 Å². The van der Waals surface area contributed by atoms with E-state index >= 15 is 0 Å². The molecule has 0 radical (unpaired) electrons. The van der Waals surface area contributed by atoms with E-state index in [9.17, 15) is 0 Å². The van der Waals surface area contributed by atoms with Gasteiger partial charge in [0.1, 0.15) is 11.3 Å². The second-order valence-electron chi connectivity index (χ2n) is 5.81. The first-order valence-electron chi connectivity index (χ1n) is 7.80. The molecule has 0 N–H and O–H groups in total. The molecule has 0 saturated heterocycles. The van der Waals surface area contributed by atoms with Crippen LogP contribution in [0.25, 0.3) is 44.2 Å². The topological polar surface area (TPSA) is 13.1 Å². The Morgan fingerprint density at radius 1 is 0.609 bits per heavy atom. The minimum Gasteiger partial charge on any atom is -0.455 e. The van der Waals surface area contributed by atoms with Crippen molar-refractivity contribution in [3.8, 4) is 22.5 Å². The Kier molecular flexibility index (Phi) is 2.56. The first-order chi connectivity index (χ1) is 11.4. The summed E-state index contributed by atoms with van der Waals surface area (Å²) in [5, 5.41) is 3.67. The SMILES string of the molecule is c1ccc(-c2oc3ccccc3c3cc4ccccc4c2-3)cc1. The van der Waals surface area contributed by atoms with E-state index in [0.717, 1.165) is 16.9 Å². The molecule has 0 unspecified atom stereocenters. The molecule has 108 valence electrons. The van der Waals surface area contributed by atoms with Crippen molar-refractivity contribution in [3.05, 3.63) is 84.9 Å². The molecule has 0 amide bonds. The van der Waals surface area contributed by atoms with E-state index in [1.165, 1.54) is 27.3 Å². The molecule has 1 heterocycles. The molecular weight excluding hydrogens is 280 g/mol. The van der Waals surface area contributed by atoms with Gasteiger partial charge < -0.3 is 4.42 Å². The Balaban J connectivity index is 2.02. The molecule has 1 nitrogen and oxygen atoms in total. The van der Waals surface area contributed by atoms with Crippen LogP contribution in [-0.2, 0) is 0 Å². The van der Waals surface area contributed by atoms with Crippen molar-refractivity contribution in [2.45, 2.75) is 0 Å². The van der Waals surface area contributed by atoms with Gasteiger partial charge in [0.15, 0.2) is 0 Å². The normalized spacial score (nSPS) is 11.5. The summed E-state index contributed by atoms with van der Waals surface area (Å²) in [7, 11) is 0. The molecule has 2 aliphatic rings. The Morgan fingerprint density at radius 3 is 2.17 bits per heavy atom. The lowest BCUT2D eigenvalue weighted by Gasteiger charge is -2.12. The van der Waals surface area contributed by atoms with Gasteiger partial charge in [0.2, 0.25) is 0 Å². The van der Waals surface area contributed by atoms with Crippen LogP contribution < -0.4 is 0 Å². The summed E-state index contributed by atoms with van der Waals surface area (Å²) in [6, 6.07) is 29.4. The summed E-state index contributed by atoms with van der Waals surface area (Å²) in [5.74, 6) is 0.945. The highest BCUT2D eigenvalue weighted by molar-refractivity contribution is 6.13. The molecule has 23 heavy (non-hydrogen) atoms. The largest absolute Gasteiger partial charge is 0.455 e. The highest BCUT2D eigenvalue weighted by Crippen LogP contribution is 2.45. The Morgan fingerprint density at radius 2 is 1.30 bits per heavy atom. The lowest BCUT2D eigenvalue weighted by atomic mass is 9.98. The van der Waals surface area contributed by atoms with E-state index in [1.54, 1.807) is 0 Å². The Bertz CT molecular complexity index is 1100. The number of benzene rings is 3. The van der Waals surface area contributed by atoms with Gasteiger partial charge in [0.25, 0.3) is 0 Å². The summed E-state index contributed by atoms with van der Waals surface area (Å²) in [6.07, 6.45) is 0. The predicted octanol–water partition coefficient (Wildman–Crippen LogP) is 6.36. The first-order valence-corrected chi connectivity index (χ1v) is 7.80. The third kappa shape index (κ3) is 1.80. The van der Waals surface area contributed by atoms with Gasteiger partial charge in [0.05, 0.1) is 0 Å². The zero-order valence-electron chi connectivity index (χ0n) is 12.5. The van der Waals surface area contributed by atoms with Crippen LogP contribution in [0, 0.1) is 0 Å². The molecule has 3 aromatic rings. The predicted molar refractivity (Wildman–Crippen MR) is 95.8 cm³/mol. The molecule has 5 rings (SSSR count). The quantitative estimate of drug-likeness (QED) is 0.350. The monoisotopic (exact) mass is 294 g/mol. The summed E-state index contributed by atoms with van der Waals surface area (Å²) in [6.45, 7) is 0. The maximum absolute atomic E-state index is 6.33. The molecule has 0 bridgehead atoms. The van der Waals surface area contributed by atoms with Crippen LogP contribution in [0.2, 0.25) is 0 Å². The minimum atomic E-state index is 0.925. The summed E-state index contributed by atoms with van der Waals surface area (Å²) < 4.78 is 6.33. The van der Waals surface area contributed by atoms with Crippen LogP contribution in [0.1, 0.15) is 0 Å². The van der Waals surface area contributed by atoms with Gasteiger partial charge in [0, 0.05) is 16.5 Å². The average Bonchev–Trinajstić information content (AvgIpc) is 3.02. The van der Waals surface area contributed by atoms with Crippen molar-refractivity contribution in [1.82, 2.24) is 0 Å². The van der Waals surface area contributed by atoms with Crippen molar-refractivity contribution in [1.29, 1.82) is 0 Å². The van der Waals surface area contributed by atoms with Crippen LogP contribution >= 0.6 is 0 Å². The molecule has 1 aliphatic heterocycles. The molecule has 3 aromatic carbocycles. The second-order valence-corrected chi connectivity index (χ2v) is 5.81. The van der Waals surface area contributed by atoms with Crippen molar-refractivity contribution in [3.63, 3.8) is 0 Å². The van der Waals surface area contributed by atoms with E-state index in [0.29, 0.717) is 0 Å². The number of fused-ring (bicyclic) bond motifs is 5. The molecular formula is C22H14O. The zero-order chi connectivity index (χ0) is 15.2. The maximum Gasteiger partial charge on any atom is 0.143 e. The minimum absolute atomic E-state index is 0.925. The van der Waals surface area contributed by atoms with Crippen molar-refractivity contribution < 1.29 is 4.42 Å². The first kappa shape index (κ1) is 12.5. The zero-order valence-corrected chi connectivity index (χ0v) is 12.5. The molecule has 0 atom stereocenters. The van der Waals surface area contributed by atoms with Crippen LogP contribution in [0.15, 0.2) is 89.3 Å². The standard InChI is InChI=1S/C22H14O/c1-2-8-15(9-3-1)22-21-17-11-5-4-10-16(17)14-19(21)18-12-6-7-13-20(18)23-22/h1-14H. The van der Waals surface area contributed by atoms with Gasteiger partial charge in [-0.25, -0.2) is 0 Å². The fraction of sp³-hybridized carbons (Fsp3) is 0. The third-order valence-electron chi connectivity index (χ3n) is 4.45. The maximum atomic E-state index is 6.33. The average molecular weight is 294 g/mol. The van der Waals surface area contributed by atoms with Gasteiger partial charge >= 0.3 is 0 Å². The van der Waals surface area contributed by atoms with Gasteiger partial charge in [-0.2, -0.15) is 0 Å². The molecule has 0 spiro atoms. The van der Waals surface area contributed by atoms with E-state index in [1.807, 2.05) is 18.2 Å². The van der Waals surface area contributed by atoms with Gasteiger partial charge in [-0.15, -0.1) is 0 Å². The lowest BCUT2D eigenvalue weighted by Crippen LogP contribution is -1.86. The van der Waals surface area contributed by atoms with E-state index in [-0.39, 0.29) is 0 Å². The van der Waals surface area contributed by atoms with Gasteiger partial charge in [-0.05, 0) is 28.5 Å². The van der Waals surface area contributed by atoms with Crippen molar-refractivity contribution in [2.24, 2.45) is 0 Å². The van der Waals surface area contributed by atoms with E-state index < -0.39 is 0 Å². The fourth-order valence-electron chi connectivity index (χ4n) is 3.41. The highest BCUT2D eigenvalue weighted by atomic mass is 16.3. The lowest BCUT2D eigenvalue weighted by molar-refractivity contribution is 0.622. The van der Waals surface area contributed by atoms with Crippen LogP contribution in [0.4, 0.5) is 0 Å². The highest BCUT2D eigenvalue weighted by Gasteiger charge is 2.20. The van der Waals surface area contributed by atoms with Crippen LogP contribution in [0.3, 0.4) is 0 Å². The molecule has 0 saturated carbocycles. The second kappa shape index (κ2) is 4.72. The summed E-state index contributed by atoms with van der Waals surface area (Å²) >= 11 is 0. The molecule has 0 aromatic heterocycles. The molecule has 0 fully saturated rings. The van der Waals surface area contributed by atoms with Crippen LogP contribution in [0.5, 0.6) is 0 Å². The van der Waals surface area contributed by atoms with E-state index in [4.69, 9.17) is 4.42 Å². The van der Waals surface area contributed by atoms with Crippen molar-refractivity contribution in [2.75, 3.05) is 0 Å². The van der Waals surface area contributed by atoms with Gasteiger partial charge in [-0.1, -0.05) is 72.8 Å². The summed E-state index contributed by atoms with van der Waals surface area (Å²) in [5.41, 5.74) is 4.49. The summed E-state index contributed by atoms with van der Waals surface area (Å²) in [4.78, 5) is 0. The Hall–Kier alpha value is -3.06. The van der Waals surface area contributed by atoms with Crippen LogP contribution in [-0.4, -0.2) is 0 Å². The Labute approximate surface area is 134 Å². The van der Waals surface area contributed by atoms with E-state index in [2.05, 4.69) is 66.7 Å². The number of hydrogen-bond donors (Lipinski definition) is 0. The smallest absolute Gasteiger partial charge is 0.143 e. The number of rotatable bonds is 1. The fourth-order valence-corrected chi connectivity index (χ4v) is 3.41. The van der Waals surface area contributed by atoms with Gasteiger partial charge in [-0.3, -0.25) is 0 Å². The number of para-hydroxylation sites is 1. The molecule has 1 aliphatic carbocycles.